The molecule has 3 aliphatic carbocycles. The van der Waals surface area contributed by atoms with Crippen molar-refractivity contribution in [2.45, 2.75) is 37.3 Å². The van der Waals surface area contributed by atoms with Crippen LogP contribution in [-0.2, 0) is 21.6 Å². The molecule has 1 unspecified atom stereocenters. The van der Waals surface area contributed by atoms with Gasteiger partial charge in [-0.25, -0.2) is 22.8 Å². The molecule has 152 valence electrons. The summed E-state index contributed by atoms with van der Waals surface area (Å²) in [5.74, 6) is -4.48. The van der Waals surface area contributed by atoms with Gasteiger partial charge in [0.25, 0.3) is 0 Å². The summed E-state index contributed by atoms with van der Waals surface area (Å²) in [7, 11) is 0. The monoisotopic (exact) mass is 405 g/mol. The van der Waals surface area contributed by atoms with Gasteiger partial charge in [-0.1, -0.05) is 30.3 Å². The zero-order valence-corrected chi connectivity index (χ0v) is 15.3. The van der Waals surface area contributed by atoms with Gasteiger partial charge in [0.1, 0.15) is 18.5 Å². The Hall–Kier alpha value is -3.03. The van der Waals surface area contributed by atoms with E-state index in [1.165, 1.54) is 0 Å². The maximum atomic E-state index is 14.1. The molecule has 0 aromatic heterocycles. The minimum absolute atomic E-state index is 0.00395. The molecule has 5 nitrogen and oxygen atoms in total. The van der Waals surface area contributed by atoms with Crippen molar-refractivity contribution in [1.29, 1.82) is 0 Å². The number of benzene rings is 2. The Morgan fingerprint density at radius 3 is 2.28 bits per heavy atom. The van der Waals surface area contributed by atoms with Crippen molar-refractivity contribution in [3.8, 4) is 0 Å². The minimum Gasteiger partial charge on any atom is -0.480 e. The summed E-state index contributed by atoms with van der Waals surface area (Å²) in [4.78, 5) is 23.8. The topological polar surface area (TPSA) is 75.6 Å². The lowest BCUT2D eigenvalue weighted by Crippen LogP contribution is -2.73. The SMILES string of the molecule is O=C(NC(C(=O)O)C12CC(c3cc(F)c(F)cc3F)(C1)C2)OCc1ccccc1. The van der Waals surface area contributed by atoms with Crippen molar-refractivity contribution in [3.05, 3.63) is 71.0 Å². The van der Waals surface area contributed by atoms with E-state index in [2.05, 4.69) is 5.32 Å². The molecule has 0 spiro atoms. The van der Waals surface area contributed by atoms with Gasteiger partial charge in [-0.2, -0.15) is 0 Å². The number of hydrogen-bond acceptors (Lipinski definition) is 3. The highest BCUT2D eigenvalue weighted by atomic mass is 19.2. The number of rotatable bonds is 6. The van der Waals surface area contributed by atoms with Gasteiger partial charge in [0.05, 0.1) is 0 Å². The van der Waals surface area contributed by atoms with Crippen molar-refractivity contribution in [1.82, 2.24) is 5.32 Å². The van der Waals surface area contributed by atoms with Gasteiger partial charge in [0.15, 0.2) is 11.6 Å². The third kappa shape index (κ3) is 3.22. The molecule has 5 rings (SSSR count). The van der Waals surface area contributed by atoms with Crippen molar-refractivity contribution in [2.75, 3.05) is 0 Å². The van der Waals surface area contributed by atoms with E-state index >= 15 is 0 Å². The molecule has 0 aliphatic heterocycles. The van der Waals surface area contributed by atoms with Crippen molar-refractivity contribution >= 4 is 12.1 Å². The Balaban J connectivity index is 1.41. The number of carbonyl (C=O) groups is 2. The van der Waals surface area contributed by atoms with E-state index in [9.17, 15) is 27.9 Å². The minimum atomic E-state index is -1.26. The maximum Gasteiger partial charge on any atom is 0.408 e. The van der Waals surface area contributed by atoms with Crippen LogP contribution in [0.2, 0.25) is 0 Å². The molecular formula is C21H18F3NO4. The van der Waals surface area contributed by atoms with Gasteiger partial charge in [0, 0.05) is 16.9 Å². The molecule has 29 heavy (non-hydrogen) atoms. The fourth-order valence-corrected chi connectivity index (χ4v) is 4.75. The summed E-state index contributed by atoms with van der Waals surface area (Å²) in [6.07, 6.45) is -0.0765. The first kappa shape index (κ1) is 19.3. The highest BCUT2D eigenvalue weighted by Gasteiger charge is 2.73. The van der Waals surface area contributed by atoms with E-state index in [0.717, 1.165) is 11.6 Å². The molecule has 3 fully saturated rings. The Morgan fingerprint density at radius 1 is 1.03 bits per heavy atom. The van der Waals surface area contributed by atoms with Crippen LogP contribution in [-0.4, -0.2) is 23.2 Å². The van der Waals surface area contributed by atoms with Gasteiger partial charge in [-0.05, 0) is 36.5 Å². The second kappa shape index (κ2) is 6.79. The van der Waals surface area contributed by atoms with Crippen LogP contribution in [0.15, 0.2) is 42.5 Å². The largest absolute Gasteiger partial charge is 0.480 e. The number of halogens is 3. The first-order valence-electron chi connectivity index (χ1n) is 9.10. The number of aliphatic carboxylic acids is 1. The van der Waals surface area contributed by atoms with Gasteiger partial charge in [0.2, 0.25) is 0 Å². The van der Waals surface area contributed by atoms with Crippen molar-refractivity contribution in [3.63, 3.8) is 0 Å². The first-order valence-corrected chi connectivity index (χ1v) is 9.10. The summed E-state index contributed by atoms with van der Waals surface area (Å²) in [5, 5.41) is 12.0. The van der Waals surface area contributed by atoms with Crippen LogP contribution in [0.5, 0.6) is 0 Å². The Morgan fingerprint density at radius 2 is 1.66 bits per heavy atom. The highest BCUT2D eigenvalue weighted by Crippen LogP contribution is 2.75. The molecule has 2 aromatic rings. The summed E-state index contributed by atoms with van der Waals surface area (Å²) < 4.78 is 45.9. The molecule has 8 heteroatoms. The molecule has 3 saturated carbocycles. The first-order chi connectivity index (χ1) is 13.7. The van der Waals surface area contributed by atoms with Crippen LogP contribution in [0.3, 0.4) is 0 Å². The smallest absolute Gasteiger partial charge is 0.408 e. The third-order valence-corrected chi connectivity index (χ3v) is 5.99. The zero-order chi connectivity index (χ0) is 20.8. The lowest BCUT2D eigenvalue weighted by Gasteiger charge is -2.72. The number of hydrogen-bond donors (Lipinski definition) is 2. The van der Waals surface area contributed by atoms with Crippen LogP contribution < -0.4 is 5.32 Å². The molecule has 0 heterocycles. The highest BCUT2D eigenvalue weighted by molar-refractivity contribution is 5.82. The maximum absolute atomic E-state index is 14.1. The molecular weight excluding hydrogens is 387 g/mol. The Labute approximate surface area is 164 Å². The lowest BCUT2D eigenvalue weighted by molar-refractivity contribution is -0.184. The van der Waals surface area contributed by atoms with Crippen molar-refractivity contribution < 1.29 is 32.6 Å². The van der Waals surface area contributed by atoms with Crippen LogP contribution in [0, 0.1) is 22.9 Å². The number of carboxylic acids is 1. The van der Waals surface area contributed by atoms with Crippen molar-refractivity contribution in [2.24, 2.45) is 5.41 Å². The number of carboxylic acid groups (broad SMARTS) is 1. The number of amides is 1. The van der Waals surface area contributed by atoms with Gasteiger partial charge >= 0.3 is 12.1 Å². The van der Waals surface area contributed by atoms with E-state index in [1.807, 2.05) is 6.07 Å². The number of alkyl carbamates (subject to hydrolysis) is 1. The number of ether oxygens (including phenoxy) is 1. The number of nitrogens with one attached hydrogen (secondary N) is 1. The van der Waals surface area contributed by atoms with E-state index < -0.39 is 46.4 Å². The van der Waals surface area contributed by atoms with Gasteiger partial charge < -0.3 is 15.2 Å². The quantitative estimate of drug-likeness (QED) is 0.715. The summed E-state index contributed by atoms with van der Waals surface area (Å²) >= 11 is 0. The van der Waals surface area contributed by atoms with E-state index in [1.54, 1.807) is 24.3 Å². The van der Waals surface area contributed by atoms with E-state index in [0.29, 0.717) is 6.07 Å². The standard InChI is InChI=1S/C21H18F3NO4/c22-14-7-16(24)15(23)6-13(14)20-9-21(10-20,11-20)17(18(26)27)25-19(28)29-8-12-4-2-1-3-5-12/h1-7,17H,8-11H2,(H,25,28)(H,26,27). The van der Waals surface area contributed by atoms with Crippen LogP contribution >= 0.6 is 0 Å². The van der Waals surface area contributed by atoms with E-state index in [4.69, 9.17) is 4.74 Å². The second-order valence-electron chi connectivity index (χ2n) is 7.90. The molecule has 1 atom stereocenters. The van der Waals surface area contributed by atoms with E-state index in [-0.39, 0.29) is 31.4 Å². The zero-order valence-electron chi connectivity index (χ0n) is 15.3. The molecule has 2 aromatic carbocycles. The fraction of sp³-hybridized carbons (Fsp3) is 0.333. The fourth-order valence-electron chi connectivity index (χ4n) is 4.75. The molecule has 3 aliphatic rings. The third-order valence-electron chi connectivity index (χ3n) is 5.99. The summed E-state index contributed by atoms with van der Waals surface area (Å²) in [6.45, 7) is -0.00395. The normalized spacial score (nSPS) is 25.3. The Kier molecular flexibility index (Phi) is 4.52. The van der Waals surface area contributed by atoms with Crippen LogP contribution in [0.4, 0.5) is 18.0 Å². The van der Waals surface area contributed by atoms with Crippen LogP contribution in [0.25, 0.3) is 0 Å². The average Bonchev–Trinajstić information content (AvgIpc) is 2.61. The number of carbonyl (C=O) groups excluding carboxylic acids is 1. The molecule has 0 radical (unpaired) electrons. The molecule has 1 amide bonds. The Bertz CT molecular complexity index is 960. The lowest BCUT2D eigenvalue weighted by atomic mass is 9.31. The predicted molar refractivity (Wildman–Crippen MR) is 95.5 cm³/mol. The van der Waals surface area contributed by atoms with Gasteiger partial charge in [-0.3, -0.25) is 0 Å². The summed E-state index contributed by atoms with van der Waals surface area (Å²) in [5.41, 5.74) is -0.668. The van der Waals surface area contributed by atoms with Gasteiger partial charge in [-0.15, -0.1) is 0 Å². The molecule has 0 saturated heterocycles. The predicted octanol–water partition coefficient (Wildman–Crippen LogP) is 3.91. The average molecular weight is 405 g/mol. The summed E-state index contributed by atoms with van der Waals surface area (Å²) in [6, 6.07) is 9.06. The molecule has 2 N–H and O–H groups in total. The second-order valence-corrected chi connectivity index (χ2v) is 7.90. The van der Waals surface area contributed by atoms with Crippen LogP contribution in [0.1, 0.15) is 30.4 Å². The molecule has 2 bridgehead atoms.